The molecular weight excluding hydrogens is 350 g/mol. The molecule has 3 heterocycles. The molecule has 26 heavy (non-hydrogen) atoms. The number of benzene rings is 1. The van der Waals surface area contributed by atoms with E-state index in [0.717, 1.165) is 42.4 Å². The number of aryl methyl sites for hydroxylation is 1. The van der Waals surface area contributed by atoms with E-state index in [-0.39, 0.29) is 6.03 Å². The van der Waals surface area contributed by atoms with Gasteiger partial charge in [0.15, 0.2) is 0 Å². The second-order valence-electron chi connectivity index (χ2n) is 6.83. The third-order valence-corrected chi connectivity index (χ3v) is 5.15. The van der Waals surface area contributed by atoms with Crippen LogP contribution in [0.15, 0.2) is 24.3 Å². The SMILES string of the molecule is Cc1nc2c(c(N3CCCC3)n1)CN(C(=O)Nc1cccc(Cl)c1)CC2. The van der Waals surface area contributed by atoms with Crippen LogP contribution < -0.4 is 10.2 Å². The summed E-state index contributed by atoms with van der Waals surface area (Å²) in [6.45, 7) is 5.18. The highest BCUT2D eigenvalue weighted by Gasteiger charge is 2.28. The van der Waals surface area contributed by atoms with Gasteiger partial charge in [0.25, 0.3) is 0 Å². The summed E-state index contributed by atoms with van der Waals surface area (Å²) in [5, 5.41) is 3.54. The number of fused-ring (bicyclic) bond motifs is 1. The highest BCUT2D eigenvalue weighted by Crippen LogP contribution is 2.29. The second kappa shape index (κ2) is 7.11. The van der Waals surface area contributed by atoms with Crippen LogP contribution in [0.4, 0.5) is 16.3 Å². The Kier molecular flexibility index (Phi) is 4.68. The number of hydrogen-bond acceptors (Lipinski definition) is 4. The van der Waals surface area contributed by atoms with Crippen molar-refractivity contribution in [3.63, 3.8) is 0 Å². The maximum absolute atomic E-state index is 12.7. The molecule has 136 valence electrons. The number of halogens is 1. The summed E-state index contributed by atoms with van der Waals surface area (Å²) in [4.78, 5) is 26.2. The molecule has 7 heteroatoms. The average Bonchev–Trinajstić information content (AvgIpc) is 3.15. The van der Waals surface area contributed by atoms with Gasteiger partial charge in [0.05, 0.1) is 12.2 Å². The number of amides is 2. The fourth-order valence-electron chi connectivity index (χ4n) is 3.65. The summed E-state index contributed by atoms with van der Waals surface area (Å²) < 4.78 is 0. The molecule has 0 unspecified atom stereocenters. The molecule has 0 spiro atoms. The molecule has 6 nitrogen and oxygen atoms in total. The lowest BCUT2D eigenvalue weighted by Gasteiger charge is -2.31. The predicted molar refractivity (Wildman–Crippen MR) is 103 cm³/mol. The normalized spacial score (nSPS) is 16.5. The monoisotopic (exact) mass is 371 g/mol. The van der Waals surface area contributed by atoms with Crippen molar-refractivity contribution in [2.75, 3.05) is 29.9 Å². The van der Waals surface area contributed by atoms with Gasteiger partial charge in [-0.25, -0.2) is 14.8 Å². The zero-order valence-electron chi connectivity index (χ0n) is 14.8. The lowest BCUT2D eigenvalue weighted by atomic mass is 10.1. The quantitative estimate of drug-likeness (QED) is 0.875. The topological polar surface area (TPSA) is 61.4 Å². The minimum atomic E-state index is -0.120. The standard InChI is InChI=1S/C19H22ClN5O/c1-13-21-17-7-10-25(19(26)23-15-6-4-5-14(20)11-15)12-16(17)18(22-13)24-8-2-3-9-24/h4-6,11H,2-3,7-10,12H2,1H3,(H,23,26). The van der Waals surface area contributed by atoms with Crippen molar-refractivity contribution < 1.29 is 4.79 Å². The predicted octanol–water partition coefficient (Wildman–Crippen LogP) is 3.63. The van der Waals surface area contributed by atoms with Crippen LogP contribution in [0.2, 0.25) is 5.02 Å². The number of hydrogen-bond donors (Lipinski definition) is 1. The molecule has 0 aliphatic carbocycles. The van der Waals surface area contributed by atoms with Gasteiger partial charge in [-0.2, -0.15) is 0 Å². The molecule has 0 radical (unpaired) electrons. The number of anilines is 2. The Balaban J connectivity index is 1.55. The van der Waals surface area contributed by atoms with E-state index in [4.69, 9.17) is 16.6 Å². The number of nitrogens with zero attached hydrogens (tertiary/aromatic N) is 4. The number of urea groups is 1. The Hall–Kier alpha value is -2.34. The van der Waals surface area contributed by atoms with Crippen molar-refractivity contribution in [1.29, 1.82) is 0 Å². The number of rotatable bonds is 2. The van der Waals surface area contributed by atoms with E-state index in [9.17, 15) is 4.79 Å². The van der Waals surface area contributed by atoms with E-state index in [1.165, 1.54) is 12.8 Å². The van der Waals surface area contributed by atoms with Gasteiger partial charge in [-0.05, 0) is 38.0 Å². The summed E-state index contributed by atoms with van der Waals surface area (Å²) in [6.07, 6.45) is 3.14. The zero-order valence-corrected chi connectivity index (χ0v) is 15.6. The Morgan fingerprint density at radius 1 is 1.19 bits per heavy atom. The van der Waals surface area contributed by atoms with Gasteiger partial charge >= 0.3 is 6.03 Å². The minimum Gasteiger partial charge on any atom is -0.356 e. The smallest absolute Gasteiger partial charge is 0.322 e. The van der Waals surface area contributed by atoms with Gasteiger partial charge in [0.2, 0.25) is 0 Å². The molecule has 1 N–H and O–H groups in total. The van der Waals surface area contributed by atoms with Gasteiger partial charge < -0.3 is 15.1 Å². The highest BCUT2D eigenvalue weighted by molar-refractivity contribution is 6.30. The summed E-state index contributed by atoms with van der Waals surface area (Å²) in [5.41, 5.74) is 2.87. The fraction of sp³-hybridized carbons (Fsp3) is 0.421. The van der Waals surface area contributed by atoms with Crippen LogP contribution in [-0.2, 0) is 13.0 Å². The van der Waals surface area contributed by atoms with Crippen molar-refractivity contribution in [2.45, 2.75) is 32.7 Å². The number of carbonyl (C=O) groups is 1. The molecule has 1 aromatic heterocycles. The summed E-state index contributed by atoms with van der Waals surface area (Å²) >= 11 is 6.00. The first kappa shape index (κ1) is 17.1. The molecule has 1 aromatic carbocycles. The molecule has 2 aliphatic rings. The van der Waals surface area contributed by atoms with E-state index in [2.05, 4.69) is 15.2 Å². The maximum atomic E-state index is 12.7. The summed E-state index contributed by atoms with van der Waals surface area (Å²) in [5.74, 6) is 1.81. The number of nitrogens with one attached hydrogen (secondary N) is 1. The van der Waals surface area contributed by atoms with Crippen LogP contribution in [0.5, 0.6) is 0 Å². The van der Waals surface area contributed by atoms with Crippen LogP contribution in [-0.4, -0.2) is 40.5 Å². The van der Waals surface area contributed by atoms with Crippen molar-refractivity contribution in [1.82, 2.24) is 14.9 Å². The minimum absolute atomic E-state index is 0.120. The second-order valence-corrected chi connectivity index (χ2v) is 7.26. The highest BCUT2D eigenvalue weighted by atomic mass is 35.5. The van der Waals surface area contributed by atoms with Crippen molar-refractivity contribution in [3.8, 4) is 0 Å². The third kappa shape index (κ3) is 3.46. The first-order valence-corrected chi connectivity index (χ1v) is 9.41. The van der Waals surface area contributed by atoms with E-state index in [1.807, 2.05) is 24.0 Å². The lowest BCUT2D eigenvalue weighted by Crippen LogP contribution is -2.40. The van der Waals surface area contributed by atoms with Gasteiger partial charge in [-0.15, -0.1) is 0 Å². The molecule has 0 bridgehead atoms. The molecular formula is C19H22ClN5O. The number of aromatic nitrogens is 2. The summed E-state index contributed by atoms with van der Waals surface area (Å²) in [7, 11) is 0. The Labute approximate surface area is 158 Å². The van der Waals surface area contributed by atoms with Gasteiger partial charge in [-0.3, -0.25) is 0 Å². The van der Waals surface area contributed by atoms with E-state index >= 15 is 0 Å². The first-order chi connectivity index (χ1) is 12.6. The van der Waals surface area contributed by atoms with Gasteiger partial charge in [0.1, 0.15) is 11.6 Å². The largest absolute Gasteiger partial charge is 0.356 e. The molecule has 1 fully saturated rings. The van der Waals surface area contributed by atoms with E-state index in [1.54, 1.807) is 12.1 Å². The first-order valence-electron chi connectivity index (χ1n) is 9.03. The molecule has 0 saturated carbocycles. The van der Waals surface area contributed by atoms with Crippen molar-refractivity contribution in [2.24, 2.45) is 0 Å². The number of carbonyl (C=O) groups excluding carboxylic acids is 1. The Bertz CT molecular complexity index is 835. The molecule has 2 amide bonds. The van der Waals surface area contributed by atoms with Gasteiger partial charge in [0, 0.05) is 42.3 Å². The summed E-state index contributed by atoms with van der Waals surface area (Å²) in [6, 6.07) is 7.08. The van der Waals surface area contributed by atoms with Crippen LogP contribution in [0.1, 0.15) is 29.9 Å². The zero-order chi connectivity index (χ0) is 18.1. The lowest BCUT2D eigenvalue weighted by molar-refractivity contribution is 0.206. The molecule has 0 atom stereocenters. The van der Waals surface area contributed by atoms with Crippen LogP contribution in [0.25, 0.3) is 0 Å². The Morgan fingerprint density at radius 2 is 2.00 bits per heavy atom. The molecule has 2 aromatic rings. The van der Waals surface area contributed by atoms with E-state index < -0.39 is 0 Å². The third-order valence-electron chi connectivity index (χ3n) is 4.92. The van der Waals surface area contributed by atoms with Crippen molar-refractivity contribution in [3.05, 3.63) is 46.4 Å². The van der Waals surface area contributed by atoms with E-state index in [0.29, 0.717) is 23.8 Å². The Morgan fingerprint density at radius 3 is 2.77 bits per heavy atom. The van der Waals surface area contributed by atoms with Crippen LogP contribution in [0.3, 0.4) is 0 Å². The fourth-order valence-corrected chi connectivity index (χ4v) is 3.84. The molecule has 2 aliphatic heterocycles. The maximum Gasteiger partial charge on any atom is 0.322 e. The van der Waals surface area contributed by atoms with Gasteiger partial charge in [-0.1, -0.05) is 17.7 Å². The molecule has 4 rings (SSSR count). The van der Waals surface area contributed by atoms with Crippen LogP contribution >= 0.6 is 11.6 Å². The van der Waals surface area contributed by atoms with Crippen molar-refractivity contribution >= 4 is 29.1 Å². The average molecular weight is 372 g/mol. The molecule has 1 saturated heterocycles. The van der Waals surface area contributed by atoms with Crippen LogP contribution in [0, 0.1) is 6.92 Å².